The Morgan fingerprint density at radius 2 is 2.00 bits per heavy atom. The molecule has 0 N–H and O–H groups in total. The fraction of sp³-hybridized carbons (Fsp3) is 0.611. The summed E-state index contributed by atoms with van der Waals surface area (Å²) >= 11 is 3.56. The molecule has 2 heterocycles. The Balaban J connectivity index is 1.97. The van der Waals surface area contributed by atoms with Crippen LogP contribution < -0.4 is 0 Å². The minimum Gasteiger partial charge on any atom is -0.381 e. The van der Waals surface area contributed by atoms with E-state index in [0.717, 1.165) is 49.0 Å². The zero-order valence-electron chi connectivity index (χ0n) is 13.7. The van der Waals surface area contributed by atoms with E-state index in [0.29, 0.717) is 5.92 Å². The minimum atomic E-state index is 0.242. The van der Waals surface area contributed by atoms with Crippen molar-refractivity contribution in [2.24, 2.45) is 11.3 Å². The highest BCUT2D eigenvalue weighted by Crippen LogP contribution is 2.28. The molecule has 22 heavy (non-hydrogen) atoms. The van der Waals surface area contributed by atoms with Crippen molar-refractivity contribution in [3.05, 3.63) is 28.5 Å². The van der Waals surface area contributed by atoms with E-state index in [9.17, 15) is 0 Å². The van der Waals surface area contributed by atoms with Crippen LogP contribution in [0.4, 0.5) is 0 Å². The van der Waals surface area contributed by atoms with E-state index in [1.54, 1.807) is 0 Å². The number of halogens is 1. The lowest BCUT2D eigenvalue weighted by molar-refractivity contribution is 0.0612. The molecule has 3 rings (SSSR count). The maximum atomic E-state index is 5.50. The van der Waals surface area contributed by atoms with Crippen molar-refractivity contribution >= 4 is 27.0 Å². The summed E-state index contributed by atoms with van der Waals surface area (Å²) in [5, 5.41) is 0. The van der Waals surface area contributed by atoms with Gasteiger partial charge in [-0.25, -0.2) is 4.98 Å². The van der Waals surface area contributed by atoms with E-state index in [1.807, 2.05) is 0 Å². The summed E-state index contributed by atoms with van der Waals surface area (Å²) < 4.78 is 9.04. The number of benzene rings is 1. The third-order valence-electron chi connectivity index (χ3n) is 4.26. The number of nitrogens with zero attached hydrogens (tertiary/aromatic N) is 2. The van der Waals surface area contributed by atoms with Gasteiger partial charge < -0.3 is 9.30 Å². The molecule has 1 aromatic carbocycles. The van der Waals surface area contributed by atoms with E-state index in [1.165, 1.54) is 11.3 Å². The quantitative estimate of drug-likeness (QED) is 0.780. The van der Waals surface area contributed by atoms with Gasteiger partial charge in [-0.15, -0.1) is 0 Å². The molecule has 1 saturated heterocycles. The second-order valence-corrected chi connectivity index (χ2v) is 8.48. The largest absolute Gasteiger partial charge is 0.381 e. The highest BCUT2D eigenvalue weighted by Gasteiger charge is 2.21. The molecule has 0 saturated carbocycles. The third kappa shape index (κ3) is 3.72. The number of fused-ring (bicyclic) bond motifs is 1. The zero-order chi connectivity index (χ0) is 15.7. The van der Waals surface area contributed by atoms with Crippen molar-refractivity contribution in [1.29, 1.82) is 0 Å². The van der Waals surface area contributed by atoms with Crippen molar-refractivity contribution in [2.45, 2.75) is 46.6 Å². The summed E-state index contributed by atoms with van der Waals surface area (Å²) in [6, 6.07) is 6.44. The summed E-state index contributed by atoms with van der Waals surface area (Å²) in [5.74, 6) is 1.92. The fourth-order valence-electron chi connectivity index (χ4n) is 3.15. The average molecular weight is 365 g/mol. The first-order valence-corrected chi connectivity index (χ1v) is 8.94. The molecule has 0 radical (unpaired) electrons. The number of aromatic nitrogens is 2. The first kappa shape index (κ1) is 16.0. The number of hydrogen-bond donors (Lipinski definition) is 0. The Hall–Kier alpha value is -0.870. The van der Waals surface area contributed by atoms with Crippen LogP contribution in [0.2, 0.25) is 0 Å². The number of rotatable bonds is 3. The highest BCUT2D eigenvalue weighted by molar-refractivity contribution is 9.10. The molecule has 1 aliphatic heterocycles. The second-order valence-electron chi connectivity index (χ2n) is 7.56. The minimum absolute atomic E-state index is 0.242. The summed E-state index contributed by atoms with van der Waals surface area (Å²) in [5.41, 5.74) is 2.60. The topological polar surface area (TPSA) is 27.1 Å². The van der Waals surface area contributed by atoms with Gasteiger partial charge in [-0.1, -0.05) is 36.7 Å². The molecule has 4 heteroatoms. The van der Waals surface area contributed by atoms with E-state index < -0.39 is 0 Å². The van der Waals surface area contributed by atoms with Crippen LogP contribution in [0.1, 0.15) is 39.4 Å². The maximum Gasteiger partial charge on any atom is 0.110 e. The Kier molecular flexibility index (Phi) is 4.60. The molecule has 0 bridgehead atoms. The molecule has 1 aromatic heterocycles. The van der Waals surface area contributed by atoms with Crippen LogP contribution in [-0.2, 0) is 17.7 Å². The number of imidazole rings is 1. The predicted molar refractivity (Wildman–Crippen MR) is 94.1 cm³/mol. The molecule has 0 atom stereocenters. The lowest BCUT2D eigenvalue weighted by atomic mass is 9.91. The molecule has 1 aliphatic rings. The van der Waals surface area contributed by atoms with Crippen molar-refractivity contribution in [2.75, 3.05) is 13.2 Å². The van der Waals surface area contributed by atoms with Gasteiger partial charge >= 0.3 is 0 Å². The van der Waals surface area contributed by atoms with E-state index in [4.69, 9.17) is 9.72 Å². The molecule has 0 spiro atoms. The van der Waals surface area contributed by atoms with Crippen LogP contribution in [0.15, 0.2) is 22.7 Å². The highest BCUT2D eigenvalue weighted by atomic mass is 79.9. The Labute approximate surface area is 141 Å². The summed E-state index contributed by atoms with van der Waals surface area (Å²) in [6.07, 6.45) is 3.32. The van der Waals surface area contributed by atoms with Crippen LogP contribution in [0, 0.1) is 11.3 Å². The van der Waals surface area contributed by atoms with Crippen molar-refractivity contribution in [3.63, 3.8) is 0 Å². The monoisotopic (exact) mass is 364 g/mol. The average Bonchev–Trinajstić information content (AvgIpc) is 2.75. The van der Waals surface area contributed by atoms with Gasteiger partial charge in [0.2, 0.25) is 0 Å². The SMILES string of the molecule is CC(C)(C)Cc1nc2cc(Br)ccc2n1CC1CCOCC1. The van der Waals surface area contributed by atoms with Crippen molar-refractivity contribution < 1.29 is 4.74 Å². The second kappa shape index (κ2) is 6.32. The first-order chi connectivity index (χ1) is 10.4. The summed E-state index contributed by atoms with van der Waals surface area (Å²) in [4.78, 5) is 4.93. The normalized spacial score (nSPS) is 17.3. The van der Waals surface area contributed by atoms with Crippen LogP contribution in [0.5, 0.6) is 0 Å². The molecule has 1 fully saturated rings. The van der Waals surface area contributed by atoms with Crippen LogP contribution in [0.3, 0.4) is 0 Å². The Morgan fingerprint density at radius 1 is 1.27 bits per heavy atom. The molecule has 0 amide bonds. The van der Waals surface area contributed by atoms with Gasteiger partial charge in [0.1, 0.15) is 5.82 Å². The summed E-state index contributed by atoms with van der Waals surface area (Å²) in [6.45, 7) is 9.70. The van der Waals surface area contributed by atoms with Crippen molar-refractivity contribution in [3.8, 4) is 0 Å². The van der Waals surface area contributed by atoms with E-state index in [-0.39, 0.29) is 5.41 Å². The smallest absolute Gasteiger partial charge is 0.110 e. The molecule has 120 valence electrons. The summed E-state index contributed by atoms with van der Waals surface area (Å²) in [7, 11) is 0. The van der Waals surface area contributed by atoms with Gasteiger partial charge in [0.15, 0.2) is 0 Å². The lowest BCUT2D eigenvalue weighted by Gasteiger charge is -2.25. The molecule has 2 aromatic rings. The van der Waals surface area contributed by atoms with Gasteiger partial charge in [-0.2, -0.15) is 0 Å². The van der Waals surface area contributed by atoms with Crippen LogP contribution in [0.25, 0.3) is 11.0 Å². The zero-order valence-corrected chi connectivity index (χ0v) is 15.3. The first-order valence-electron chi connectivity index (χ1n) is 8.15. The molecule has 3 nitrogen and oxygen atoms in total. The standard InChI is InChI=1S/C18H25BrN2O/c1-18(2,3)11-17-20-15-10-14(19)4-5-16(15)21(17)12-13-6-8-22-9-7-13/h4-5,10,13H,6-9,11-12H2,1-3H3. The molecule has 0 aliphatic carbocycles. The third-order valence-corrected chi connectivity index (χ3v) is 4.75. The number of ether oxygens (including phenoxy) is 1. The predicted octanol–water partition coefficient (Wildman–Crippen LogP) is 4.81. The molecular weight excluding hydrogens is 340 g/mol. The lowest BCUT2D eigenvalue weighted by Crippen LogP contribution is -2.22. The van der Waals surface area contributed by atoms with Gasteiger partial charge in [0.25, 0.3) is 0 Å². The van der Waals surface area contributed by atoms with Gasteiger partial charge in [-0.3, -0.25) is 0 Å². The maximum absolute atomic E-state index is 5.50. The number of hydrogen-bond acceptors (Lipinski definition) is 2. The van der Waals surface area contributed by atoms with Crippen LogP contribution in [-0.4, -0.2) is 22.8 Å². The van der Waals surface area contributed by atoms with Gasteiger partial charge in [0.05, 0.1) is 11.0 Å². The van der Waals surface area contributed by atoms with Crippen LogP contribution >= 0.6 is 15.9 Å². The Bertz CT molecular complexity index is 651. The van der Waals surface area contributed by atoms with Gasteiger partial charge in [-0.05, 0) is 42.4 Å². The Morgan fingerprint density at radius 3 is 2.68 bits per heavy atom. The fourth-order valence-corrected chi connectivity index (χ4v) is 3.50. The van der Waals surface area contributed by atoms with E-state index in [2.05, 4.69) is 59.5 Å². The van der Waals surface area contributed by atoms with E-state index >= 15 is 0 Å². The molecular formula is C18H25BrN2O. The molecule has 0 unspecified atom stereocenters. The van der Waals surface area contributed by atoms with Crippen molar-refractivity contribution in [1.82, 2.24) is 9.55 Å². The van der Waals surface area contributed by atoms with Gasteiger partial charge in [0, 0.05) is 30.7 Å².